The summed E-state index contributed by atoms with van der Waals surface area (Å²) in [5, 5.41) is 19.9. The summed E-state index contributed by atoms with van der Waals surface area (Å²) in [6.45, 7) is 12.8. The van der Waals surface area contributed by atoms with Gasteiger partial charge in [-0.25, -0.2) is 14.0 Å². The Morgan fingerprint density at radius 2 is 1.71 bits per heavy atom. The Bertz CT molecular complexity index is 1840. The van der Waals surface area contributed by atoms with Gasteiger partial charge in [0.05, 0.1) is 30.0 Å². The smallest absolute Gasteiger partial charge is 0.410 e. The van der Waals surface area contributed by atoms with Gasteiger partial charge >= 0.3 is 12.1 Å². The molecule has 4 heterocycles. The summed E-state index contributed by atoms with van der Waals surface area (Å²) in [4.78, 5) is 59.6. The number of aryl methyl sites for hydroxylation is 1. The molecule has 3 saturated heterocycles. The summed E-state index contributed by atoms with van der Waals surface area (Å²) in [6, 6.07) is 6.01. The minimum absolute atomic E-state index is 0.0128. The highest BCUT2D eigenvalue weighted by molar-refractivity contribution is 6.08. The summed E-state index contributed by atoms with van der Waals surface area (Å²) in [5.74, 6) is -5.88. The SMILES string of the molecule is CO[C@@]1(C)C[C@@H](C)C(=O)[C@H](C)[C@H]2N(CCCCn3cc(-c4cccc(N)c4)nn3)C(=O)O[C@]2(C)C(C)OC(=O)[C@@](C)(F)C(=O)[C@H](C)[C@H]1O[C@@H]1O[C@H](C)C[C@H](N(C)C)[C@H]1O. The van der Waals surface area contributed by atoms with Crippen LogP contribution in [0, 0.1) is 17.8 Å². The van der Waals surface area contributed by atoms with Crippen molar-refractivity contribution in [3.05, 3.63) is 30.5 Å². The largest absolute Gasteiger partial charge is 0.456 e. The molecular weight excluding hydrogens is 767 g/mol. The zero-order valence-corrected chi connectivity index (χ0v) is 36.2. The summed E-state index contributed by atoms with van der Waals surface area (Å²) in [7, 11) is 5.03. The summed E-state index contributed by atoms with van der Waals surface area (Å²) in [5.41, 5.74) is 1.78. The number of aliphatic hydroxyl groups is 1. The zero-order chi connectivity index (χ0) is 43.8. The average Bonchev–Trinajstić information content (AvgIpc) is 3.76. The van der Waals surface area contributed by atoms with Crippen molar-refractivity contribution in [1.29, 1.82) is 0 Å². The van der Waals surface area contributed by atoms with Crippen LogP contribution < -0.4 is 5.73 Å². The van der Waals surface area contributed by atoms with Gasteiger partial charge in [-0.1, -0.05) is 38.1 Å². The normalized spacial score (nSPS) is 37.6. The third-order valence-corrected chi connectivity index (χ3v) is 12.8. The minimum atomic E-state index is -3.19. The third kappa shape index (κ3) is 9.33. The number of fused-ring (bicyclic) bond motifs is 1. The number of hydrogen-bond acceptors (Lipinski definition) is 14. The first-order chi connectivity index (χ1) is 27.5. The molecule has 0 spiro atoms. The second-order valence-corrected chi connectivity index (χ2v) is 17.5. The topological polar surface area (TPSA) is 198 Å². The van der Waals surface area contributed by atoms with E-state index in [0.29, 0.717) is 37.2 Å². The van der Waals surface area contributed by atoms with E-state index >= 15 is 4.39 Å². The zero-order valence-electron chi connectivity index (χ0n) is 36.2. The number of cyclic esters (lactones) is 1. The van der Waals surface area contributed by atoms with Gasteiger partial charge in [0.2, 0.25) is 0 Å². The molecule has 3 N–H and O–H groups in total. The van der Waals surface area contributed by atoms with Crippen molar-refractivity contribution < 1.29 is 52.4 Å². The Morgan fingerprint density at radius 1 is 1.03 bits per heavy atom. The first-order valence-electron chi connectivity index (χ1n) is 20.5. The molecule has 328 valence electrons. The monoisotopic (exact) mass is 830 g/mol. The average molecular weight is 831 g/mol. The maximum atomic E-state index is 16.8. The number of aromatic nitrogens is 3. The van der Waals surface area contributed by atoms with Gasteiger partial charge in [0.25, 0.3) is 5.67 Å². The van der Waals surface area contributed by atoms with E-state index in [1.54, 1.807) is 38.4 Å². The van der Waals surface area contributed by atoms with Crippen LogP contribution in [0.4, 0.5) is 14.9 Å². The molecule has 1 aromatic carbocycles. The molecule has 0 bridgehead atoms. The molecular formula is C42H63FN6O10. The molecule has 3 fully saturated rings. The van der Waals surface area contributed by atoms with Gasteiger partial charge in [0.15, 0.2) is 17.7 Å². The number of likely N-dealkylation sites (N-methyl/N-ethyl adjacent to an activating group) is 1. The highest BCUT2D eigenvalue weighted by Crippen LogP contribution is 2.43. The number of methoxy groups -OCH3 is 1. The van der Waals surface area contributed by atoms with Gasteiger partial charge in [-0.3, -0.25) is 14.3 Å². The predicted molar refractivity (Wildman–Crippen MR) is 214 cm³/mol. The number of rotatable bonds is 10. The first kappa shape index (κ1) is 46.0. The number of nitrogens with zero attached hydrogens (tertiary/aromatic N) is 5. The molecule has 1 aromatic heterocycles. The predicted octanol–water partition coefficient (Wildman–Crippen LogP) is 4.21. The number of nitrogens with two attached hydrogens (primary N) is 1. The number of amides is 1. The van der Waals surface area contributed by atoms with Crippen LogP contribution in [-0.4, -0.2) is 141 Å². The van der Waals surface area contributed by atoms with E-state index in [-0.39, 0.29) is 30.9 Å². The van der Waals surface area contributed by atoms with Crippen LogP contribution in [0.25, 0.3) is 11.3 Å². The van der Waals surface area contributed by atoms with Crippen molar-refractivity contribution in [3.63, 3.8) is 0 Å². The molecule has 0 saturated carbocycles. The van der Waals surface area contributed by atoms with Gasteiger partial charge in [-0.15, -0.1) is 5.10 Å². The number of aliphatic hydroxyl groups excluding tert-OH is 1. The summed E-state index contributed by atoms with van der Waals surface area (Å²) >= 11 is 0. The van der Waals surface area contributed by atoms with E-state index < -0.39 is 83.1 Å². The van der Waals surface area contributed by atoms with Crippen molar-refractivity contribution in [2.24, 2.45) is 17.8 Å². The van der Waals surface area contributed by atoms with Gasteiger partial charge in [-0.2, -0.15) is 0 Å². The lowest BCUT2D eigenvalue weighted by Crippen LogP contribution is -2.61. The highest BCUT2D eigenvalue weighted by atomic mass is 19.1. The first-order valence-corrected chi connectivity index (χ1v) is 20.5. The fourth-order valence-corrected chi connectivity index (χ4v) is 9.12. The highest BCUT2D eigenvalue weighted by Gasteiger charge is 2.61. The molecule has 0 aliphatic carbocycles. The Hall–Kier alpha value is -4.03. The maximum absolute atomic E-state index is 16.8. The molecule has 3 aliphatic heterocycles. The Labute approximate surface area is 346 Å². The number of esters is 1. The number of ketones is 2. The van der Waals surface area contributed by atoms with Crippen LogP contribution >= 0.6 is 0 Å². The summed E-state index contributed by atoms with van der Waals surface area (Å²) < 4.78 is 48.7. The molecule has 16 nitrogen and oxygen atoms in total. The number of nitrogen functional groups attached to an aromatic ring is 1. The van der Waals surface area contributed by atoms with E-state index in [1.165, 1.54) is 25.9 Å². The van der Waals surface area contributed by atoms with Crippen molar-refractivity contribution in [3.8, 4) is 11.3 Å². The molecule has 17 heteroatoms. The molecule has 13 atom stereocenters. The maximum Gasteiger partial charge on any atom is 0.410 e. The van der Waals surface area contributed by atoms with Crippen molar-refractivity contribution >= 4 is 29.3 Å². The number of ether oxygens (including phenoxy) is 5. The summed E-state index contributed by atoms with van der Waals surface area (Å²) in [6.07, 6.45) is -2.72. The molecule has 1 unspecified atom stereocenters. The third-order valence-electron chi connectivity index (χ3n) is 12.8. The van der Waals surface area contributed by atoms with Gasteiger partial charge in [0.1, 0.15) is 23.7 Å². The second kappa shape index (κ2) is 17.9. The number of hydrogen-bond donors (Lipinski definition) is 2. The van der Waals surface area contributed by atoms with Gasteiger partial charge < -0.3 is 44.3 Å². The number of halogens is 1. The van der Waals surface area contributed by atoms with E-state index in [0.717, 1.165) is 12.5 Å². The molecule has 59 heavy (non-hydrogen) atoms. The lowest BCUT2D eigenvalue weighted by Gasteiger charge is -2.47. The quantitative estimate of drug-likeness (QED) is 0.149. The van der Waals surface area contributed by atoms with Crippen LogP contribution in [0.15, 0.2) is 30.5 Å². The van der Waals surface area contributed by atoms with Crippen LogP contribution in [0.1, 0.15) is 81.1 Å². The fourth-order valence-electron chi connectivity index (χ4n) is 9.12. The van der Waals surface area contributed by atoms with Crippen LogP contribution in [0.5, 0.6) is 0 Å². The number of carbonyl (C=O) groups is 4. The molecule has 3 aliphatic rings. The van der Waals surface area contributed by atoms with E-state index in [4.69, 9.17) is 29.4 Å². The Balaban J connectivity index is 1.43. The van der Waals surface area contributed by atoms with Crippen molar-refractivity contribution in [2.75, 3.05) is 33.5 Å². The lowest BCUT2D eigenvalue weighted by molar-refractivity contribution is -0.295. The van der Waals surface area contributed by atoms with Crippen LogP contribution in [-0.2, 0) is 44.6 Å². The number of Topliss-reactive ketones (excluding diaryl/α,β-unsaturated/α-hetero) is 2. The number of unbranched alkanes of at least 4 members (excludes halogenated alkanes) is 1. The molecule has 2 aromatic rings. The molecule has 5 rings (SSSR count). The number of benzene rings is 1. The lowest BCUT2D eigenvalue weighted by atomic mass is 9.73. The number of alkyl halides is 1. The van der Waals surface area contributed by atoms with Crippen molar-refractivity contribution in [2.45, 2.75) is 147 Å². The van der Waals surface area contributed by atoms with Gasteiger partial charge in [0, 0.05) is 55.2 Å². The Kier molecular flexibility index (Phi) is 14.0. The van der Waals surface area contributed by atoms with E-state index in [9.17, 15) is 24.3 Å². The van der Waals surface area contributed by atoms with Crippen molar-refractivity contribution in [1.82, 2.24) is 24.8 Å². The Morgan fingerprint density at radius 3 is 2.36 bits per heavy atom. The molecule has 0 radical (unpaired) electrons. The second-order valence-electron chi connectivity index (χ2n) is 17.5. The fraction of sp³-hybridized carbons (Fsp3) is 0.714. The van der Waals surface area contributed by atoms with Crippen LogP contribution in [0.2, 0.25) is 0 Å². The van der Waals surface area contributed by atoms with Crippen LogP contribution in [0.3, 0.4) is 0 Å². The minimum Gasteiger partial charge on any atom is -0.456 e. The van der Waals surface area contributed by atoms with E-state index in [2.05, 4.69) is 10.3 Å². The standard InChI is InChI=1S/C42H63FN6O10/c1-23-21-40(6,55-11)36(58-37-33(51)31(47(9)10)19-24(2)56-37)26(4)35(52)41(7,43)38(53)57-27(5)42(8)34(25(3)32(23)50)49(39(54)59-42)18-13-12-17-48-22-30(45-46-48)28-15-14-16-29(44)20-28/h14-16,20,22-27,31,33-34,36-37,51H,12-13,17-19,21,44H2,1-11H3/t23-,24-,25+,26+,27?,31+,33-,34-,36-,37+,40+,41+,42-/m1/s1. The number of carbonyl (C=O) groups excluding carboxylic acids is 4. The molecule has 1 amide bonds. The van der Waals surface area contributed by atoms with Gasteiger partial charge in [-0.05, 0) is 86.5 Å². The number of anilines is 1. The van der Waals surface area contributed by atoms with E-state index in [1.807, 2.05) is 50.3 Å².